The molecular formula is C13H17N3O2S. The predicted octanol–water partition coefficient (Wildman–Crippen LogP) is 2.01. The van der Waals surface area contributed by atoms with Crippen molar-refractivity contribution in [2.75, 3.05) is 18.5 Å². The van der Waals surface area contributed by atoms with Crippen LogP contribution in [0.15, 0.2) is 24.4 Å². The molecule has 0 spiro atoms. The van der Waals surface area contributed by atoms with Crippen LogP contribution in [0.1, 0.15) is 11.1 Å². The van der Waals surface area contributed by atoms with Crippen molar-refractivity contribution in [1.82, 2.24) is 8.75 Å². The highest BCUT2D eigenvalue weighted by molar-refractivity contribution is 6.99. The van der Waals surface area contributed by atoms with Crippen LogP contribution in [0.3, 0.4) is 0 Å². The van der Waals surface area contributed by atoms with E-state index < -0.39 is 6.10 Å². The number of nitrogens with one attached hydrogen (secondary N) is 1. The zero-order valence-electron chi connectivity index (χ0n) is 11.0. The van der Waals surface area contributed by atoms with Crippen LogP contribution in [-0.4, -0.2) is 33.1 Å². The maximum absolute atomic E-state index is 9.82. The quantitative estimate of drug-likeness (QED) is 0.846. The van der Waals surface area contributed by atoms with Gasteiger partial charge in [-0.3, -0.25) is 0 Å². The first-order valence-corrected chi connectivity index (χ1v) is 6.78. The summed E-state index contributed by atoms with van der Waals surface area (Å²) in [6.07, 6.45) is 0.942. The standard InChI is InChI=1S/C13H17N3O2S/c1-9-3-4-12(10(2)5-9)14-6-11(17)8-18-13-7-15-19-16-13/h3-5,7,11,14,17H,6,8H2,1-2H3. The number of benzene rings is 1. The number of nitrogens with zero attached hydrogens (tertiary/aromatic N) is 2. The molecule has 1 heterocycles. The maximum Gasteiger partial charge on any atom is 0.245 e. The van der Waals surface area contributed by atoms with Gasteiger partial charge in [-0.05, 0) is 25.5 Å². The van der Waals surface area contributed by atoms with Gasteiger partial charge in [-0.1, -0.05) is 17.7 Å². The molecule has 1 aromatic carbocycles. The number of aliphatic hydroxyl groups excluding tert-OH is 1. The van der Waals surface area contributed by atoms with Gasteiger partial charge in [0.1, 0.15) is 18.9 Å². The molecule has 0 saturated carbocycles. The number of anilines is 1. The zero-order chi connectivity index (χ0) is 13.7. The molecule has 2 rings (SSSR count). The van der Waals surface area contributed by atoms with Crippen molar-refractivity contribution in [3.8, 4) is 5.88 Å². The molecule has 1 aromatic heterocycles. The van der Waals surface area contributed by atoms with Crippen LogP contribution in [0.4, 0.5) is 5.69 Å². The van der Waals surface area contributed by atoms with E-state index in [2.05, 4.69) is 27.1 Å². The van der Waals surface area contributed by atoms with Gasteiger partial charge in [0, 0.05) is 12.2 Å². The highest BCUT2D eigenvalue weighted by atomic mass is 32.1. The zero-order valence-corrected chi connectivity index (χ0v) is 11.8. The lowest BCUT2D eigenvalue weighted by molar-refractivity contribution is 0.115. The topological polar surface area (TPSA) is 67.3 Å². The van der Waals surface area contributed by atoms with Gasteiger partial charge in [0.25, 0.3) is 0 Å². The molecule has 102 valence electrons. The molecule has 0 amide bonds. The van der Waals surface area contributed by atoms with Crippen molar-refractivity contribution < 1.29 is 9.84 Å². The molecule has 19 heavy (non-hydrogen) atoms. The number of ether oxygens (including phenoxy) is 1. The Hall–Kier alpha value is -1.66. The minimum Gasteiger partial charge on any atom is -0.473 e. The number of rotatable bonds is 6. The maximum atomic E-state index is 9.82. The number of aromatic nitrogens is 2. The van der Waals surface area contributed by atoms with Crippen molar-refractivity contribution in [3.05, 3.63) is 35.5 Å². The first-order chi connectivity index (χ1) is 9.15. The lowest BCUT2D eigenvalue weighted by Crippen LogP contribution is -2.26. The Morgan fingerprint density at radius 2 is 2.26 bits per heavy atom. The van der Waals surface area contributed by atoms with E-state index in [9.17, 15) is 5.11 Å². The van der Waals surface area contributed by atoms with Gasteiger partial charge in [-0.15, -0.1) is 4.37 Å². The Morgan fingerprint density at radius 1 is 1.42 bits per heavy atom. The van der Waals surface area contributed by atoms with Gasteiger partial charge < -0.3 is 15.2 Å². The lowest BCUT2D eigenvalue weighted by Gasteiger charge is -2.14. The Morgan fingerprint density at radius 3 is 2.95 bits per heavy atom. The smallest absolute Gasteiger partial charge is 0.245 e. The van der Waals surface area contributed by atoms with E-state index in [-0.39, 0.29) is 6.61 Å². The fourth-order valence-corrected chi connectivity index (χ4v) is 2.06. The Bertz CT molecular complexity index is 517. The molecule has 0 fully saturated rings. The molecule has 0 aliphatic rings. The molecule has 0 bridgehead atoms. The van der Waals surface area contributed by atoms with Crippen LogP contribution in [0, 0.1) is 13.8 Å². The number of hydrogen-bond donors (Lipinski definition) is 2. The van der Waals surface area contributed by atoms with E-state index in [0.29, 0.717) is 12.4 Å². The molecule has 0 aliphatic carbocycles. The molecule has 1 unspecified atom stereocenters. The summed E-state index contributed by atoms with van der Waals surface area (Å²) in [6.45, 7) is 4.73. The van der Waals surface area contributed by atoms with E-state index in [1.165, 1.54) is 11.8 Å². The summed E-state index contributed by atoms with van der Waals surface area (Å²) in [5.41, 5.74) is 3.42. The van der Waals surface area contributed by atoms with Crippen LogP contribution in [-0.2, 0) is 0 Å². The normalized spacial score (nSPS) is 12.2. The minimum absolute atomic E-state index is 0.198. The largest absolute Gasteiger partial charge is 0.473 e. The van der Waals surface area contributed by atoms with Crippen LogP contribution < -0.4 is 10.1 Å². The Kier molecular flexibility index (Phi) is 4.70. The predicted molar refractivity (Wildman–Crippen MR) is 75.8 cm³/mol. The van der Waals surface area contributed by atoms with Crippen molar-refractivity contribution >= 4 is 17.4 Å². The van der Waals surface area contributed by atoms with E-state index >= 15 is 0 Å². The summed E-state index contributed by atoms with van der Waals surface area (Å²) in [7, 11) is 0. The summed E-state index contributed by atoms with van der Waals surface area (Å²) < 4.78 is 13.0. The summed E-state index contributed by atoms with van der Waals surface area (Å²) in [4.78, 5) is 0. The molecule has 0 radical (unpaired) electrons. The highest BCUT2D eigenvalue weighted by Crippen LogP contribution is 2.15. The molecule has 1 atom stereocenters. The van der Waals surface area contributed by atoms with Gasteiger partial charge in [0.15, 0.2) is 0 Å². The van der Waals surface area contributed by atoms with Gasteiger partial charge in [0.2, 0.25) is 5.88 Å². The summed E-state index contributed by atoms with van der Waals surface area (Å²) in [5.74, 6) is 0.454. The number of aryl methyl sites for hydroxylation is 2. The number of hydrogen-bond acceptors (Lipinski definition) is 6. The third-order valence-electron chi connectivity index (χ3n) is 2.67. The monoisotopic (exact) mass is 279 g/mol. The average Bonchev–Trinajstić information content (AvgIpc) is 2.88. The number of aliphatic hydroxyl groups is 1. The minimum atomic E-state index is -0.595. The van der Waals surface area contributed by atoms with Gasteiger partial charge >= 0.3 is 0 Å². The third-order valence-corrected chi connectivity index (χ3v) is 3.14. The first kappa shape index (κ1) is 13.8. The molecule has 2 N–H and O–H groups in total. The fraction of sp³-hybridized carbons (Fsp3) is 0.385. The molecule has 2 aromatic rings. The van der Waals surface area contributed by atoms with E-state index in [1.807, 2.05) is 19.1 Å². The van der Waals surface area contributed by atoms with Crippen molar-refractivity contribution in [3.63, 3.8) is 0 Å². The van der Waals surface area contributed by atoms with E-state index in [1.54, 1.807) is 0 Å². The second-order valence-electron chi connectivity index (χ2n) is 4.41. The van der Waals surface area contributed by atoms with E-state index in [4.69, 9.17) is 4.74 Å². The molecule has 0 aliphatic heterocycles. The Labute approximate surface area is 116 Å². The first-order valence-electron chi connectivity index (χ1n) is 6.04. The van der Waals surface area contributed by atoms with Crippen molar-refractivity contribution in [1.29, 1.82) is 0 Å². The second kappa shape index (κ2) is 6.49. The fourth-order valence-electron chi connectivity index (χ4n) is 1.70. The van der Waals surface area contributed by atoms with Crippen molar-refractivity contribution in [2.24, 2.45) is 0 Å². The van der Waals surface area contributed by atoms with Crippen LogP contribution in [0.25, 0.3) is 0 Å². The van der Waals surface area contributed by atoms with Crippen molar-refractivity contribution in [2.45, 2.75) is 20.0 Å². The third kappa shape index (κ3) is 4.18. The average molecular weight is 279 g/mol. The van der Waals surface area contributed by atoms with Crippen LogP contribution >= 0.6 is 11.7 Å². The Balaban J connectivity index is 1.78. The lowest BCUT2D eigenvalue weighted by atomic mass is 10.1. The van der Waals surface area contributed by atoms with E-state index in [0.717, 1.165) is 23.0 Å². The SMILES string of the molecule is Cc1ccc(NCC(O)COc2cnsn2)c(C)c1. The van der Waals surface area contributed by atoms with Gasteiger partial charge in [-0.25, -0.2) is 0 Å². The summed E-state index contributed by atoms with van der Waals surface area (Å²) >= 11 is 1.08. The molecule has 0 saturated heterocycles. The molecule has 5 nitrogen and oxygen atoms in total. The molecular weight excluding hydrogens is 262 g/mol. The molecule has 6 heteroatoms. The van der Waals surface area contributed by atoms with Gasteiger partial charge in [0.05, 0.1) is 11.7 Å². The van der Waals surface area contributed by atoms with Gasteiger partial charge in [-0.2, -0.15) is 4.37 Å². The summed E-state index contributed by atoms with van der Waals surface area (Å²) in [6, 6.07) is 6.16. The summed E-state index contributed by atoms with van der Waals surface area (Å²) in [5, 5.41) is 13.0. The highest BCUT2D eigenvalue weighted by Gasteiger charge is 2.07. The second-order valence-corrected chi connectivity index (χ2v) is 4.97. The van der Waals surface area contributed by atoms with Crippen LogP contribution in [0.5, 0.6) is 5.88 Å². The van der Waals surface area contributed by atoms with Crippen LogP contribution in [0.2, 0.25) is 0 Å².